The van der Waals surface area contributed by atoms with Crippen molar-refractivity contribution >= 4 is 10.2 Å². The highest BCUT2D eigenvalue weighted by Crippen LogP contribution is 2.00. The van der Waals surface area contributed by atoms with E-state index in [1.807, 2.05) is 0 Å². The van der Waals surface area contributed by atoms with Crippen LogP contribution in [0.3, 0.4) is 0 Å². The van der Waals surface area contributed by atoms with Crippen molar-refractivity contribution in [3.63, 3.8) is 0 Å². The fraction of sp³-hybridized carbons (Fsp3) is 0.750. The van der Waals surface area contributed by atoms with E-state index in [0.29, 0.717) is 26.2 Å². The molecule has 0 aromatic heterocycles. The van der Waals surface area contributed by atoms with Crippen molar-refractivity contribution in [2.24, 2.45) is 0 Å². The van der Waals surface area contributed by atoms with Crippen LogP contribution < -0.4 is 10.0 Å². The monoisotopic (exact) mass is 217 g/mol. The summed E-state index contributed by atoms with van der Waals surface area (Å²) < 4.78 is 27.1. The summed E-state index contributed by atoms with van der Waals surface area (Å²) in [6.07, 6.45) is 5.10. The first-order valence-corrected chi connectivity index (χ1v) is 5.94. The van der Waals surface area contributed by atoms with Crippen LogP contribution in [0.15, 0.2) is 0 Å². The molecule has 0 saturated carbocycles. The molecule has 2 N–H and O–H groups in total. The molecule has 0 aromatic carbocycles. The molecule has 0 aliphatic carbocycles. The van der Waals surface area contributed by atoms with Crippen molar-refractivity contribution in [2.45, 2.75) is 13.0 Å². The molecule has 0 bridgehead atoms. The number of hydrogen-bond donors (Lipinski definition) is 2. The van der Waals surface area contributed by atoms with Gasteiger partial charge in [0.1, 0.15) is 0 Å². The highest BCUT2D eigenvalue weighted by Gasteiger charge is 2.24. The molecule has 1 saturated heterocycles. The van der Waals surface area contributed by atoms with Gasteiger partial charge in [0.15, 0.2) is 0 Å². The summed E-state index contributed by atoms with van der Waals surface area (Å²) in [5.74, 6) is 2.33. The minimum absolute atomic E-state index is 0.463. The van der Waals surface area contributed by atoms with Crippen LogP contribution in [0.4, 0.5) is 0 Å². The van der Waals surface area contributed by atoms with Crippen molar-refractivity contribution < 1.29 is 8.42 Å². The first-order chi connectivity index (χ1) is 6.56. The second-order valence-corrected chi connectivity index (χ2v) is 4.86. The third kappa shape index (κ3) is 2.96. The van der Waals surface area contributed by atoms with Crippen molar-refractivity contribution in [1.29, 1.82) is 0 Å². The Balaban J connectivity index is 2.60. The number of rotatable bonds is 3. The molecule has 1 rings (SSSR count). The van der Waals surface area contributed by atoms with Crippen LogP contribution in [-0.2, 0) is 10.2 Å². The molecule has 1 atom stereocenters. The number of nitrogens with zero attached hydrogens (tertiary/aromatic N) is 1. The maximum Gasteiger partial charge on any atom is 0.280 e. The van der Waals surface area contributed by atoms with Crippen LogP contribution in [-0.4, -0.2) is 44.9 Å². The van der Waals surface area contributed by atoms with Gasteiger partial charge in [0.25, 0.3) is 10.2 Å². The third-order valence-corrected chi connectivity index (χ3v) is 3.69. The van der Waals surface area contributed by atoms with Gasteiger partial charge in [-0.05, 0) is 6.92 Å². The summed E-state index contributed by atoms with van der Waals surface area (Å²) in [4.78, 5) is 0. The molecule has 5 nitrogen and oxygen atoms in total. The van der Waals surface area contributed by atoms with E-state index in [0.717, 1.165) is 0 Å². The van der Waals surface area contributed by atoms with Gasteiger partial charge in [-0.1, -0.05) is 5.92 Å². The number of nitrogens with one attached hydrogen (secondary N) is 2. The predicted octanol–water partition coefficient (Wildman–Crippen LogP) is -1.25. The van der Waals surface area contributed by atoms with E-state index in [-0.39, 0.29) is 0 Å². The largest absolute Gasteiger partial charge is 0.314 e. The summed E-state index contributed by atoms with van der Waals surface area (Å²) in [7, 11) is -3.39. The standard InChI is InChI=1S/C8H15N3O2S/c1-3-8(2)10-14(12,13)11-6-4-9-5-7-11/h1,8-10H,4-7H2,2H3. The average Bonchev–Trinajstić information content (AvgIpc) is 2.18. The summed E-state index contributed by atoms with van der Waals surface area (Å²) >= 11 is 0. The Kier molecular flexibility index (Phi) is 3.89. The molecule has 1 heterocycles. The van der Waals surface area contributed by atoms with Crippen LogP contribution in [0.1, 0.15) is 6.92 Å². The molecule has 1 fully saturated rings. The molecular formula is C8H15N3O2S. The molecule has 6 heteroatoms. The summed E-state index contributed by atoms with van der Waals surface area (Å²) in [6.45, 7) is 4.00. The Morgan fingerprint density at radius 1 is 1.50 bits per heavy atom. The minimum atomic E-state index is -3.39. The Labute approximate surface area is 85.0 Å². The lowest BCUT2D eigenvalue weighted by Gasteiger charge is -2.27. The van der Waals surface area contributed by atoms with Gasteiger partial charge in [-0.3, -0.25) is 0 Å². The average molecular weight is 217 g/mol. The number of terminal acetylenes is 1. The topological polar surface area (TPSA) is 61.4 Å². The second-order valence-electron chi connectivity index (χ2n) is 3.16. The fourth-order valence-electron chi connectivity index (χ4n) is 1.22. The smallest absolute Gasteiger partial charge is 0.280 e. The van der Waals surface area contributed by atoms with Crippen LogP contribution >= 0.6 is 0 Å². The molecule has 0 radical (unpaired) electrons. The Hall–Kier alpha value is -0.610. The molecule has 0 aromatic rings. The lowest BCUT2D eigenvalue weighted by Crippen LogP contribution is -2.51. The van der Waals surface area contributed by atoms with Gasteiger partial charge in [0.05, 0.1) is 6.04 Å². The fourth-order valence-corrected chi connectivity index (χ4v) is 2.54. The summed E-state index contributed by atoms with van der Waals surface area (Å²) in [5.41, 5.74) is 0. The van der Waals surface area contributed by atoms with E-state index in [1.54, 1.807) is 6.92 Å². The highest BCUT2D eigenvalue weighted by molar-refractivity contribution is 7.87. The van der Waals surface area contributed by atoms with E-state index in [4.69, 9.17) is 6.42 Å². The first-order valence-electron chi connectivity index (χ1n) is 4.50. The van der Waals surface area contributed by atoms with Gasteiger partial charge in [-0.2, -0.15) is 17.4 Å². The molecule has 1 aliphatic rings. The zero-order chi connectivity index (χ0) is 10.6. The molecule has 1 aliphatic heterocycles. The molecule has 80 valence electrons. The van der Waals surface area contributed by atoms with Gasteiger partial charge < -0.3 is 5.32 Å². The van der Waals surface area contributed by atoms with E-state index in [1.165, 1.54) is 4.31 Å². The Morgan fingerprint density at radius 2 is 2.07 bits per heavy atom. The molecule has 1 unspecified atom stereocenters. The van der Waals surface area contributed by atoms with Gasteiger partial charge >= 0.3 is 0 Å². The molecule has 0 amide bonds. The van der Waals surface area contributed by atoms with Crippen LogP contribution in [0, 0.1) is 12.3 Å². The highest BCUT2D eigenvalue weighted by atomic mass is 32.2. The summed E-state index contributed by atoms with van der Waals surface area (Å²) in [6, 6.07) is -0.463. The van der Waals surface area contributed by atoms with Gasteiger partial charge in [0.2, 0.25) is 0 Å². The lowest BCUT2D eigenvalue weighted by atomic mass is 10.4. The van der Waals surface area contributed by atoms with Gasteiger partial charge in [0, 0.05) is 26.2 Å². The van der Waals surface area contributed by atoms with Crippen molar-refractivity contribution in [1.82, 2.24) is 14.3 Å². The minimum Gasteiger partial charge on any atom is -0.314 e. The van der Waals surface area contributed by atoms with Crippen molar-refractivity contribution in [2.75, 3.05) is 26.2 Å². The maximum atomic E-state index is 11.6. The molecular weight excluding hydrogens is 202 g/mol. The van der Waals surface area contributed by atoms with E-state index in [9.17, 15) is 8.42 Å². The summed E-state index contributed by atoms with van der Waals surface area (Å²) in [5, 5.41) is 3.08. The second kappa shape index (κ2) is 4.75. The Morgan fingerprint density at radius 3 is 2.57 bits per heavy atom. The van der Waals surface area contributed by atoms with Crippen molar-refractivity contribution in [3.05, 3.63) is 0 Å². The zero-order valence-corrected chi connectivity index (χ0v) is 8.97. The SMILES string of the molecule is C#CC(C)NS(=O)(=O)N1CCNCC1. The quantitative estimate of drug-likeness (QED) is 0.581. The number of piperazine rings is 1. The van der Waals surface area contributed by atoms with E-state index in [2.05, 4.69) is 16.0 Å². The molecule has 0 spiro atoms. The first kappa shape index (κ1) is 11.5. The van der Waals surface area contributed by atoms with Gasteiger partial charge in [-0.25, -0.2) is 0 Å². The lowest BCUT2D eigenvalue weighted by molar-refractivity contribution is 0.354. The van der Waals surface area contributed by atoms with Crippen LogP contribution in [0.2, 0.25) is 0 Å². The Bertz CT molecular complexity index is 314. The van der Waals surface area contributed by atoms with Gasteiger partial charge in [-0.15, -0.1) is 6.42 Å². The number of hydrogen-bond acceptors (Lipinski definition) is 3. The molecule has 14 heavy (non-hydrogen) atoms. The van der Waals surface area contributed by atoms with E-state index >= 15 is 0 Å². The predicted molar refractivity (Wildman–Crippen MR) is 54.8 cm³/mol. The van der Waals surface area contributed by atoms with Crippen LogP contribution in [0.25, 0.3) is 0 Å². The maximum absolute atomic E-state index is 11.6. The zero-order valence-electron chi connectivity index (χ0n) is 8.16. The van der Waals surface area contributed by atoms with Crippen LogP contribution in [0.5, 0.6) is 0 Å². The van der Waals surface area contributed by atoms with E-state index < -0.39 is 16.3 Å². The third-order valence-electron chi connectivity index (χ3n) is 1.99. The normalized spacial score (nSPS) is 21.4. The van der Waals surface area contributed by atoms with Crippen molar-refractivity contribution in [3.8, 4) is 12.3 Å².